The molecule has 0 aliphatic carbocycles. The largest absolute Gasteiger partial charge is 0.416 e. The lowest BCUT2D eigenvalue weighted by molar-refractivity contribution is -0.138. The molecule has 0 atom stereocenters. The highest BCUT2D eigenvalue weighted by molar-refractivity contribution is 7.09. The molecule has 3 aromatic rings. The molecule has 0 radical (unpaired) electrons. The van der Waals surface area contributed by atoms with Gasteiger partial charge in [0, 0.05) is 61.9 Å². The molecule has 0 saturated carbocycles. The van der Waals surface area contributed by atoms with Crippen LogP contribution in [0.1, 0.15) is 45.4 Å². The third-order valence-electron chi connectivity index (χ3n) is 7.25. The summed E-state index contributed by atoms with van der Waals surface area (Å²) in [5.74, 6) is -0.0246. The molecule has 12 heteroatoms. The lowest BCUT2D eigenvalue weighted by atomic mass is 9.97. The predicted octanol–water partition coefficient (Wildman–Crippen LogP) is 6.53. The monoisotopic (exact) mass is 568 g/mol. The number of piperidine rings is 1. The number of rotatable bonds is 4. The van der Waals surface area contributed by atoms with E-state index in [1.54, 1.807) is 16.3 Å². The summed E-state index contributed by atoms with van der Waals surface area (Å²) in [6.07, 6.45) is -7.22. The van der Waals surface area contributed by atoms with E-state index in [1.165, 1.54) is 29.5 Å². The molecule has 0 unspecified atom stereocenters. The second-order valence-corrected chi connectivity index (χ2v) is 10.6. The van der Waals surface area contributed by atoms with Gasteiger partial charge in [-0.25, -0.2) is 4.98 Å². The number of alkyl halides is 6. The van der Waals surface area contributed by atoms with Crippen molar-refractivity contribution in [1.29, 1.82) is 0 Å². The van der Waals surface area contributed by atoms with Crippen LogP contribution in [0.4, 0.5) is 37.7 Å². The van der Waals surface area contributed by atoms with Crippen molar-refractivity contribution in [2.45, 2.75) is 31.1 Å². The molecule has 5 rings (SSSR count). The molecule has 2 fully saturated rings. The summed E-state index contributed by atoms with van der Waals surface area (Å²) in [5, 5.41) is 2.62. The lowest BCUT2D eigenvalue weighted by Crippen LogP contribution is -2.49. The van der Waals surface area contributed by atoms with Crippen LogP contribution in [0.15, 0.2) is 53.9 Å². The van der Waals surface area contributed by atoms with E-state index in [4.69, 9.17) is 0 Å². The average molecular weight is 569 g/mol. The summed E-state index contributed by atoms with van der Waals surface area (Å²) < 4.78 is 77.7. The Balaban J connectivity index is 1.14. The van der Waals surface area contributed by atoms with E-state index in [0.717, 1.165) is 47.8 Å². The van der Waals surface area contributed by atoms with Crippen LogP contribution in [0.5, 0.6) is 0 Å². The number of carbonyl (C=O) groups is 1. The third-order valence-corrected chi connectivity index (χ3v) is 8.26. The minimum absolute atomic E-state index is 0.167. The topological polar surface area (TPSA) is 39.7 Å². The number of thiazole rings is 1. The number of halogens is 6. The molecule has 2 aromatic carbocycles. The Hall–Kier alpha value is -3.28. The highest BCUT2D eigenvalue weighted by Gasteiger charge is 2.32. The van der Waals surface area contributed by atoms with Gasteiger partial charge < -0.3 is 14.7 Å². The molecule has 1 amide bonds. The highest BCUT2D eigenvalue weighted by atomic mass is 32.1. The van der Waals surface area contributed by atoms with E-state index in [0.29, 0.717) is 50.6 Å². The van der Waals surface area contributed by atoms with Crippen LogP contribution in [0.2, 0.25) is 0 Å². The molecule has 1 aromatic heterocycles. The van der Waals surface area contributed by atoms with Gasteiger partial charge in [-0.3, -0.25) is 4.79 Å². The standard InChI is InChI=1S/C27H26F6N4OS/c28-26(29,30)19-4-6-21(7-5-19)35-10-8-18(9-11-35)24-34-23(17-39-24)25(38)37-14-12-36(13-15-37)22-3-1-2-20(16-22)27(31,32)33/h1-7,16-18H,8-15H2. The van der Waals surface area contributed by atoms with Crippen LogP contribution in [-0.4, -0.2) is 55.1 Å². The molecule has 2 aliphatic heterocycles. The van der Waals surface area contributed by atoms with Gasteiger partial charge in [-0.15, -0.1) is 11.3 Å². The normalized spacial score (nSPS) is 17.5. The van der Waals surface area contributed by atoms with Crippen molar-refractivity contribution in [3.63, 3.8) is 0 Å². The van der Waals surface area contributed by atoms with Crippen LogP contribution in [0.3, 0.4) is 0 Å². The van der Waals surface area contributed by atoms with Gasteiger partial charge in [0.2, 0.25) is 0 Å². The Kier molecular flexibility index (Phi) is 7.49. The number of aromatic nitrogens is 1. The summed E-state index contributed by atoms with van der Waals surface area (Å²) in [6, 6.07) is 10.4. The molecule has 0 bridgehead atoms. The first-order chi connectivity index (χ1) is 18.5. The first-order valence-corrected chi connectivity index (χ1v) is 13.5. The molecule has 2 aliphatic rings. The zero-order valence-electron chi connectivity index (χ0n) is 20.8. The van der Waals surface area contributed by atoms with Gasteiger partial charge in [0.1, 0.15) is 5.69 Å². The van der Waals surface area contributed by atoms with Crippen LogP contribution in [0.25, 0.3) is 0 Å². The van der Waals surface area contributed by atoms with E-state index < -0.39 is 23.5 Å². The second-order valence-electron chi connectivity index (χ2n) is 9.70. The molecule has 2 saturated heterocycles. The number of benzene rings is 2. The number of nitrogens with zero attached hydrogens (tertiary/aromatic N) is 4. The van der Waals surface area contributed by atoms with Gasteiger partial charge in [0.25, 0.3) is 5.91 Å². The van der Waals surface area contributed by atoms with Crippen LogP contribution in [-0.2, 0) is 12.4 Å². The predicted molar refractivity (Wildman–Crippen MR) is 137 cm³/mol. The van der Waals surface area contributed by atoms with Crippen LogP contribution < -0.4 is 9.80 Å². The summed E-state index contributed by atoms with van der Waals surface area (Å²) in [5.41, 5.74) is 0.237. The fourth-order valence-corrected chi connectivity index (χ4v) is 5.99. The SMILES string of the molecule is O=C(c1csc(C2CCN(c3ccc(C(F)(F)F)cc3)CC2)n1)N1CCN(c2cccc(C(F)(F)F)c2)CC1. The van der Waals surface area contributed by atoms with Crippen molar-refractivity contribution in [2.75, 3.05) is 49.1 Å². The Morgan fingerprint density at radius 2 is 1.38 bits per heavy atom. The van der Waals surface area contributed by atoms with Crippen molar-refractivity contribution in [3.05, 3.63) is 75.7 Å². The highest BCUT2D eigenvalue weighted by Crippen LogP contribution is 2.35. The van der Waals surface area contributed by atoms with Gasteiger partial charge >= 0.3 is 12.4 Å². The Morgan fingerprint density at radius 3 is 2.00 bits per heavy atom. The average Bonchev–Trinajstić information content (AvgIpc) is 3.43. The van der Waals surface area contributed by atoms with Crippen molar-refractivity contribution < 1.29 is 31.1 Å². The molecule has 39 heavy (non-hydrogen) atoms. The van der Waals surface area contributed by atoms with Crippen LogP contribution in [0, 0.1) is 0 Å². The maximum atomic E-state index is 13.1. The van der Waals surface area contributed by atoms with Crippen molar-refractivity contribution >= 4 is 28.6 Å². The van der Waals surface area contributed by atoms with Crippen molar-refractivity contribution in [3.8, 4) is 0 Å². The molecule has 5 nitrogen and oxygen atoms in total. The number of carbonyl (C=O) groups excluding carboxylic acids is 1. The number of amides is 1. The van der Waals surface area contributed by atoms with E-state index >= 15 is 0 Å². The van der Waals surface area contributed by atoms with Gasteiger partial charge in [-0.2, -0.15) is 26.3 Å². The molecular formula is C27H26F6N4OS. The Bertz CT molecular complexity index is 1290. The summed E-state index contributed by atoms with van der Waals surface area (Å²) in [4.78, 5) is 23.3. The zero-order valence-corrected chi connectivity index (χ0v) is 21.6. The zero-order chi connectivity index (χ0) is 27.8. The smallest absolute Gasteiger partial charge is 0.371 e. The van der Waals surface area contributed by atoms with E-state index in [-0.39, 0.29) is 11.8 Å². The number of piperazine rings is 1. The fourth-order valence-electron chi connectivity index (χ4n) is 5.03. The molecule has 3 heterocycles. The number of hydrogen-bond acceptors (Lipinski definition) is 5. The summed E-state index contributed by atoms with van der Waals surface area (Å²) in [7, 11) is 0. The molecular weight excluding hydrogens is 542 g/mol. The maximum Gasteiger partial charge on any atom is 0.416 e. The van der Waals surface area contributed by atoms with E-state index in [9.17, 15) is 31.1 Å². The molecule has 208 valence electrons. The lowest BCUT2D eigenvalue weighted by Gasteiger charge is -2.36. The minimum Gasteiger partial charge on any atom is -0.371 e. The van der Waals surface area contributed by atoms with Crippen molar-refractivity contribution in [2.24, 2.45) is 0 Å². The van der Waals surface area contributed by atoms with E-state index in [1.807, 2.05) is 4.90 Å². The maximum absolute atomic E-state index is 13.1. The van der Waals surface area contributed by atoms with Crippen molar-refractivity contribution in [1.82, 2.24) is 9.88 Å². The summed E-state index contributed by atoms with van der Waals surface area (Å²) in [6.45, 7) is 2.96. The second kappa shape index (κ2) is 10.7. The fraction of sp³-hybridized carbons (Fsp3) is 0.407. The summed E-state index contributed by atoms with van der Waals surface area (Å²) >= 11 is 1.43. The third kappa shape index (κ3) is 6.15. The van der Waals surface area contributed by atoms with E-state index in [2.05, 4.69) is 9.88 Å². The van der Waals surface area contributed by atoms with Gasteiger partial charge in [0.15, 0.2) is 0 Å². The van der Waals surface area contributed by atoms with Gasteiger partial charge in [0.05, 0.1) is 16.1 Å². The van der Waals surface area contributed by atoms with Crippen LogP contribution >= 0.6 is 11.3 Å². The molecule has 0 N–H and O–H groups in total. The first-order valence-electron chi connectivity index (χ1n) is 12.6. The van der Waals surface area contributed by atoms with Gasteiger partial charge in [-0.05, 0) is 55.3 Å². The number of anilines is 2. The minimum atomic E-state index is -4.41. The Morgan fingerprint density at radius 1 is 0.769 bits per heavy atom. The number of hydrogen-bond donors (Lipinski definition) is 0. The molecule has 0 spiro atoms. The van der Waals surface area contributed by atoms with Gasteiger partial charge in [-0.1, -0.05) is 6.07 Å². The quantitative estimate of drug-likeness (QED) is 0.336. The Labute approximate surface area is 225 Å². The first kappa shape index (κ1) is 27.3.